The first-order chi connectivity index (χ1) is 17.7. The number of fused-ring (bicyclic) bond motifs is 5. The second kappa shape index (κ2) is 8.92. The van der Waals surface area contributed by atoms with E-state index in [9.17, 15) is 9.59 Å². The molecule has 4 saturated carbocycles. The first-order valence-electron chi connectivity index (χ1n) is 14.1. The summed E-state index contributed by atoms with van der Waals surface area (Å²) in [5, 5.41) is 0. The maximum Gasteiger partial charge on any atom is 0.369 e. The summed E-state index contributed by atoms with van der Waals surface area (Å²) in [7, 11) is 0. The van der Waals surface area contributed by atoms with E-state index in [4.69, 9.17) is 10.5 Å². The van der Waals surface area contributed by atoms with Gasteiger partial charge in [-0.2, -0.15) is 9.98 Å². The van der Waals surface area contributed by atoms with E-state index in [2.05, 4.69) is 23.8 Å². The second-order valence-electron chi connectivity index (χ2n) is 12.6. The van der Waals surface area contributed by atoms with E-state index in [1.54, 1.807) is 0 Å². The lowest BCUT2D eigenvalue weighted by Gasteiger charge is -2.60. The second-order valence-corrected chi connectivity index (χ2v) is 12.6. The highest BCUT2D eigenvalue weighted by molar-refractivity contribution is 6.34. The Morgan fingerprint density at radius 3 is 2.54 bits per heavy atom. The summed E-state index contributed by atoms with van der Waals surface area (Å²) in [6, 6.07) is 9.43. The molecule has 6 heteroatoms. The summed E-state index contributed by atoms with van der Waals surface area (Å²) in [5.74, 6) is 2.85. The lowest BCUT2D eigenvalue weighted by Crippen LogP contribution is -2.53. The van der Waals surface area contributed by atoms with Gasteiger partial charge in [0.15, 0.2) is 0 Å². The Bertz CT molecular complexity index is 1220. The number of amidine groups is 1. The Labute approximate surface area is 219 Å². The number of aliphatic imine (C=N–C) groups is 2. The van der Waals surface area contributed by atoms with Crippen LogP contribution in [-0.2, 0) is 9.53 Å². The standard InChI is InChI=1S/C31H39N3O3/c1-18(35)37-21-13-15-30(2)20(17-21)9-10-22-23-11-12-25(31(23,3)16-14-24(22)30)26-27(19-7-5-4-6-8-19)33-29(36)34-28(26)32/h4-8,20-24H,9-17H2,1-3H3,(H2,32,34,36)/b26-25+/t20-,21-,22-,23-,24-,30-,31-/m0/s1. The summed E-state index contributed by atoms with van der Waals surface area (Å²) in [4.78, 5) is 32.4. The van der Waals surface area contributed by atoms with Crippen LogP contribution in [0, 0.1) is 34.5 Å². The molecular formula is C31H39N3O3. The van der Waals surface area contributed by atoms with Crippen molar-refractivity contribution in [1.82, 2.24) is 0 Å². The fourth-order valence-electron chi connectivity index (χ4n) is 9.34. The molecule has 1 heterocycles. The predicted molar refractivity (Wildman–Crippen MR) is 144 cm³/mol. The Hall–Kier alpha value is -2.76. The van der Waals surface area contributed by atoms with Crippen LogP contribution in [0.2, 0.25) is 0 Å². The highest BCUT2D eigenvalue weighted by atomic mass is 16.5. The van der Waals surface area contributed by atoms with Gasteiger partial charge in [0.1, 0.15) is 11.9 Å². The normalized spacial score (nSPS) is 41.2. The van der Waals surface area contributed by atoms with Crippen LogP contribution in [0.3, 0.4) is 0 Å². The van der Waals surface area contributed by atoms with Gasteiger partial charge in [-0.1, -0.05) is 49.8 Å². The first kappa shape index (κ1) is 24.6. The van der Waals surface area contributed by atoms with Crippen molar-refractivity contribution in [3.8, 4) is 0 Å². The molecule has 0 aromatic heterocycles. The number of carbonyl (C=O) groups excluding carboxylic acids is 2. The van der Waals surface area contributed by atoms with Crippen molar-refractivity contribution in [3.63, 3.8) is 0 Å². The van der Waals surface area contributed by atoms with Gasteiger partial charge in [0.05, 0.1) is 5.71 Å². The zero-order valence-corrected chi connectivity index (χ0v) is 22.3. The van der Waals surface area contributed by atoms with E-state index in [0.29, 0.717) is 40.6 Å². The molecule has 1 aliphatic heterocycles. The van der Waals surface area contributed by atoms with Crippen molar-refractivity contribution in [2.45, 2.75) is 84.7 Å². The van der Waals surface area contributed by atoms with Crippen LogP contribution < -0.4 is 5.73 Å². The molecule has 4 aliphatic carbocycles. The summed E-state index contributed by atoms with van der Waals surface area (Å²) < 4.78 is 5.65. The van der Waals surface area contributed by atoms with Gasteiger partial charge in [0.2, 0.25) is 0 Å². The topological polar surface area (TPSA) is 94.1 Å². The largest absolute Gasteiger partial charge is 0.463 e. The number of allylic oxidation sites excluding steroid dienone is 1. The Morgan fingerprint density at radius 1 is 1.00 bits per heavy atom. The average Bonchev–Trinajstić information content (AvgIpc) is 3.21. The van der Waals surface area contributed by atoms with Crippen LogP contribution >= 0.6 is 0 Å². The monoisotopic (exact) mass is 501 g/mol. The van der Waals surface area contributed by atoms with Gasteiger partial charge >= 0.3 is 12.0 Å². The number of hydrogen-bond acceptors (Lipinski definition) is 4. The zero-order chi connectivity index (χ0) is 25.9. The van der Waals surface area contributed by atoms with Gasteiger partial charge < -0.3 is 10.5 Å². The summed E-state index contributed by atoms with van der Waals surface area (Å²) in [6.07, 6.45) is 10.2. The molecule has 7 atom stereocenters. The van der Waals surface area contributed by atoms with Crippen LogP contribution in [0.4, 0.5) is 4.79 Å². The SMILES string of the molecule is CC(=O)O[C@H]1CC[C@@]2(C)[C@@H](CC[C@@H]3[C@@H]2CC[C@]2(C)/C(=C4/C(N)=NC(=O)N=C4c4ccccc4)CC[C@@H]32)C1. The smallest absolute Gasteiger partial charge is 0.369 e. The van der Waals surface area contributed by atoms with Gasteiger partial charge in [-0.25, -0.2) is 4.79 Å². The molecule has 0 bridgehead atoms. The van der Waals surface area contributed by atoms with Crippen LogP contribution in [0.15, 0.2) is 51.5 Å². The third-order valence-corrected chi connectivity index (χ3v) is 11.0. The van der Waals surface area contributed by atoms with E-state index in [1.165, 1.54) is 31.8 Å². The highest BCUT2D eigenvalue weighted by Gasteiger charge is 2.59. The van der Waals surface area contributed by atoms with E-state index in [-0.39, 0.29) is 17.5 Å². The number of rotatable bonds is 2. The maximum atomic E-state index is 12.3. The van der Waals surface area contributed by atoms with Crippen LogP contribution in [0.5, 0.6) is 0 Å². The number of esters is 1. The number of hydrogen-bond donors (Lipinski definition) is 1. The molecule has 1 aromatic carbocycles. The number of nitrogens with zero attached hydrogens (tertiary/aromatic N) is 2. The van der Waals surface area contributed by atoms with Gasteiger partial charge in [-0.05, 0) is 92.3 Å². The molecule has 2 amide bonds. The molecule has 6 rings (SSSR count). The minimum Gasteiger partial charge on any atom is -0.463 e. The maximum absolute atomic E-state index is 12.3. The minimum absolute atomic E-state index is 0.0463. The number of amides is 2. The Kier molecular flexibility index (Phi) is 5.92. The van der Waals surface area contributed by atoms with E-state index < -0.39 is 6.03 Å². The molecule has 0 unspecified atom stereocenters. The average molecular weight is 502 g/mol. The van der Waals surface area contributed by atoms with Crippen LogP contribution in [-0.4, -0.2) is 29.7 Å². The van der Waals surface area contributed by atoms with Crippen LogP contribution in [0.25, 0.3) is 0 Å². The summed E-state index contributed by atoms with van der Waals surface area (Å²) in [6.45, 7) is 6.51. The zero-order valence-electron chi connectivity index (χ0n) is 22.3. The molecule has 0 saturated heterocycles. The fraction of sp³-hybridized carbons (Fsp3) is 0.613. The number of urea groups is 1. The van der Waals surface area contributed by atoms with Crippen molar-refractivity contribution in [2.75, 3.05) is 0 Å². The molecule has 0 spiro atoms. The molecule has 5 aliphatic rings. The Balaban J connectivity index is 1.32. The third-order valence-electron chi connectivity index (χ3n) is 11.0. The molecular weight excluding hydrogens is 462 g/mol. The van der Waals surface area contributed by atoms with Crippen LogP contribution in [0.1, 0.15) is 84.1 Å². The van der Waals surface area contributed by atoms with E-state index >= 15 is 0 Å². The molecule has 1 aromatic rings. The number of carbonyl (C=O) groups is 2. The van der Waals surface area contributed by atoms with Crippen molar-refractivity contribution >= 4 is 23.5 Å². The predicted octanol–water partition coefficient (Wildman–Crippen LogP) is 6.24. The van der Waals surface area contributed by atoms with Crippen molar-refractivity contribution in [2.24, 2.45) is 50.2 Å². The fourth-order valence-corrected chi connectivity index (χ4v) is 9.34. The lowest BCUT2D eigenvalue weighted by molar-refractivity contribution is -0.158. The molecule has 0 radical (unpaired) electrons. The minimum atomic E-state index is -0.514. The number of ether oxygens (including phenoxy) is 1. The first-order valence-corrected chi connectivity index (χ1v) is 14.1. The third kappa shape index (κ3) is 3.90. The molecule has 4 fully saturated rings. The number of nitrogens with two attached hydrogens (primary N) is 1. The summed E-state index contributed by atoms with van der Waals surface area (Å²) >= 11 is 0. The number of benzene rings is 1. The molecule has 6 nitrogen and oxygen atoms in total. The van der Waals surface area contributed by atoms with E-state index in [1.807, 2.05) is 30.3 Å². The highest BCUT2D eigenvalue weighted by Crippen LogP contribution is 2.67. The van der Waals surface area contributed by atoms with Gasteiger partial charge in [0.25, 0.3) is 0 Å². The summed E-state index contributed by atoms with van der Waals surface area (Å²) in [5.41, 5.74) is 10.8. The Morgan fingerprint density at radius 2 is 1.78 bits per heavy atom. The van der Waals surface area contributed by atoms with Crippen molar-refractivity contribution < 1.29 is 14.3 Å². The quantitative estimate of drug-likeness (QED) is 0.486. The van der Waals surface area contributed by atoms with Gasteiger partial charge in [-0.3, -0.25) is 4.79 Å². The van der Waals surface area contributed by atoms with Gasteiger partial charge in [0, 0.05) is 18.1 Å². The van der Waals surface area contributed by atoms with Gasteiger partial charge in [-0.15, -0.1) is 0 Å². The molecule has 37 heavy (non-hydrogen) atoms. The van der Waals surface area contributed by atoms with Crippen molar-refractivity contribution in [1.29, 1.82) is 0 Å². The van der Waals surface area contributed by atoms with E-state index in [0.717, 1.165) is 49.7 Å². The lowest BCUT2D eigenvalue weighted by atomic mass is 9.45. The molecule has 196 valence electrons. The molecule has 2 N–H and O–H groups in total. The van der Waals surface area contributed by atoms with Crippen molar-refractivity contribution in [3.05, 3.63) is 47.0 Å².